The molecule has 20 heavy (non-hydrogen) atoms. The lowest BCUT2D eigenvalue weighted by molar-refractivity contribution is 0.102. The molecule has 2 rings (SSSR count). The number of hydrogen-bond donors (Lipinski definition) is 0. The fourth-order valence-electron chi connectivity index (χ4n) is 1.81. The third kappa shape index (κ3) is 2.39. The third-order valence-electron chi connectivity index (χ3n) is 2.93. The second kappa shape index (κ2) is 5.36. The van der Waals surface area contributed by atoms with Gasteiger partial charge in [-0.25, -0.2) is 13.2 Å². The summed E-state index contributed by atoms with van der Waals surface area (Å²) in [6.07, 6.45) is 0. The molecular weight excluding hydrogens is 269 g/mol. The first-order chi connectivity index (χ1) is 9.45. The van der Waals surface area contributed by atoms with Crippen LogP contribution in [0.25, 0.3) is 0 Å². The van der Waals surface area contributed by atoms with Crippen molar-refractivity contribution < 1.29 is 22.7 Å². The van der Waals surface area contributed by atoms with Crippen LogP contribution in [0, 0.1) is 24.4 Å². The third-order valence-corrected chi connectivity index (χ3v) is 2.93. The Kier molecular flexibility index (Phi) is 3.79. The summed E-state index contributed by atoms with van der Waals surface area (Å²) in [5.74, 6) is -3.72. The van der Waals surface area contributed by atoms with Crippen LogP contribution in [0.15, 0.2) is 30.3 Å². The van der Waals surface area contributed by atoms with Gasteiger partial charge in [0, 0.05) is 6.07 Å². The van der Waals surface area contributed by atoms with Gasteiger partial charge < -0.3 is 4.74 Å². The highest BCUT2D eigenvalue weighted by Crippen LogP contribution is 2.23. The SMILES string of the molecule is COc1ccc(C(=O)c2c(F)ccc(C)c2F)c(F)c1. The maximum atomic E-state index is 13.9. The molecule has 0 N–H and O–H groups in total. The van der Waals surface area contributed by atoms with Gasteiger partial charge in [0.2, 0.25) is 5.78 Å². The fraction of sp³-hybridized carbons (Fsp3) is 0.133. The molecule has 0 spiro atoms. The highest BCUT2D eigenvalue weighted by molar-refractivity contribution is 6.09. The minimum absolute atomic E-state index is 0.115. The molecule has 0 saturated heterocycles. The summed E-state index contributed by atoms with van der Waals surface area (Å²) in [7, 11) is 1.34. The number of halogens is 3. The van der Waals surface area contributed by atoms with Crippen LogP contribution in [0.1, 0.15) is 21.5 Å². The van der Waals surface area contributed by atoms with Gasteiger partial charge in [-0.15, -0.1) is 0 Å². The van der Waals surface area contributed by atoms with Crippen LogP contribution in [-0.2, 0) is 0 Å². The van der Waals surface area contributed by atoms with Gasteiger partial charge in [0.05, 0.1) is 18.2 Å². The Morgan fingerprint density at radius 2 is 1.75 bits per heavy atom. The van der Waals surface area contributed by atoms with Crippen molar-refractivity contribution in [2.24, 2.45) is 0 Å². The van der Waals surface area contributed by atoms with Crippen LogP contribution in [0.5, 0.6) is 5.75 Å². The maximum absolute atomic E-state index is 13.9. The molecule has 2 aromatic rings. The number of aryl methyl sites for hydroxylation is 1. The van der Waals surface area contributed by atoms with Crippen molar-refractivity contribution in [3.05, 3.63) is 64.5 Å². The zero-order valence-corrected chi connectivity index (χ0v) is 10.8. The van der Waals surface area contributed by atoms with E-state index in [2.05, 4.69) is 0 Å². The van der Waals surface area contributed by atoms with Crippen molar-refractivity contribution in [1.82, 2.24) is 0 Å². The van der Waals surface area contributed by atoms with Crippen LogP contribution >= 0.6 is 0 Å². The number of rotatable bonds is 3. The van der Waals surface area contributed by atoms with Gasteiger partial charge in [-0.1, -0.05) is 6.07 Å². The number of methoxy groups -OCH3 is 1. The van der Waals surface area contributed by atoms with Gasteiger partial charge in [0.15, 0.2) is 0 Å². The molecule has 0 bridgehead atoms. The van der Waals surface area contributed by atoms with Crippen molar-refractivity contribution >= 4 is 5.78 Å². The molecule has 0 saturated carbocycles. The van der Waals surface area contributed by atoms with E-state index in [-0.39, 0.29) is 11.3 Å². The molecule has 0 aliphatic carbocycles. The first-order valence-corrected chi connectivity index (χ1v) is 5.78. The summed E-state index contributed by atoms with van der Waals surface area (Å²) in [5, 5.41) is 0. The number of ether oxygens (including phenoxy) is 1. The lowest BCUT2D eigenvalue weighted by Crippen LogP contribution is -2.10. The van der Waals surface area contributed by atoms with Crippen LogP contribution in [0.4, 0.5) is 13.2 Å². The first kappa shape index (κ1) is 14.1. The number of carbonyl (C=O) groups excluding carboxylic acids is 1. The van der Waals surface area contributed by atoms with Crippen molar-refractivity contribution in [2.45, 2.75) is 6.92 Å². The van der Waals surface area contributed by atoms with E-state index in [1.54, 1.807) is 0 Å². The maximum Gasteiger partial charge on any atom is 0.201 e. The molecule has 0 aliphatic heterocycles. The van der Waals surface area contributed by atoms with E-state index in [1.165, 1.54) is 26.2 Å². The first-order valence-electron chi connectivity index (χ1n) is 5.78. The molecular formula is C15H11F3O2. The fourth-order valence-corrected chi connectivity index (χ4v) is 1.81. The summed E-state index contributed by atoms with van der Waals surface area (Å²) in [6, 6.07) is 5.66. The summed E-state index contributed by atoms with van der Waals surface area (Å²) in [6.45, 7) is 1.40. The molecule has 104 valence electrons. The van der Waals surface area contributed by atoms with Crippen LogP contribution in [-0.4, -0.2) is 12.9 Å². The van der Waals surface area contributed by atoms with E-state index >= 15 is 0 Å². The summed E-state index contributed by atoms with van der Waals surface area (Å²) in [5.41, 5.74) is -1.05. The second-order valence-electron chi connectivity index (χ2n) is 4.23. The molecule has 2 nitrogen and oxygen atoms in total. The molecule has 0 aromatic heterocycles. The van der Waals surface area contributed by atoms with Crippen LogP contribution in [0.3, 0.4) is 0 Å². The molecule has 0 aliphatic rings. The average molecular weight is 280 g/mol. The minimum Gasteiger partial charge on any atom is -0.497 e. The predicted molar refractivity (Wildman–Crippen MR) is 67.5 cm³/mol. The molecule has 0 radical (unpaired) electrons. The smallest absolute Gasteiger partial charge is 0.201 e. The number of ketones is 1. The normalized spacial score (nSPS) is 10.4. The Morgan fingerprint density at radius 1 is 1.05 bits per heavy atom. The van der Waals surface area contributed by atoms with Crippen molar-refractivity contribution in [1.29, 1.82) is 0 Å². The van der Waals surface area contributed by atoms with E-state index in [0.717, 1.165) is 18.2 Å². The standard InChI is InChI=1S/C15H11F3O2/c1-8-3-6-11(16)13(14(8)18)15(19)10-5-4-9(20-2)7-12(10)17/h3-7H,1-2H3. The van der Waals surface area contributed by atoms with E-state index in [1.807, 2.05) is 0 Å². The highest BCUT2D eigenvalue weighted by atomic mass is 19.1. The largest absolute Gasteiger partial charge is 0.497 e. The monoisotopic (exact) mass is 280 g/mol. The van der Waals surface area contributed by atoms with E-state index in [9.17, 15) is 18.0 Å². The molecule has 2 aromatic carbocycles. The molecule has 5 heteroatoms. The van der Waals surface area contributed by atoms with Crippen molar-refractivity contribution in [3.8, 4) is 5.75 Å². The minimum atomic E-state index is -1.04. The molecule has 0 fully saturated rings. The number of hydrogen-bond acceptors (Lipinski definition) is 2. The quantitative estimate of drug-likeness (QED) is 0.802. The lowest BCUT2D eigenvalue weighted by atomic mass is 9.99. The van der Waals surface area contributed by atoms with Gasteiger partial charge in [-0.05, 0) is 30.7 Å². The van der Waals surface area contributed by atoms with Gasteiger partial charge in [-0.3, -0.25) is 4.79 Å². The Balaban J connectivity index is 2.55. The van der Waals surface area contributed by atoms with E-state index in [4.69, 9.17) is 4.74 Å². The van der Waals surface area contributed by atoms with Gasteiger partial charge >= 0.3 is 0 Å². The van der Waals surface area contributed by atoms with Crippen molar-refractivity contribution in [3.63, 3.8) is 0 Å². The summed E-state index contributed by atoms with van der Waals surface area (Å²) >= 11 is 0. The molecule has 0 unspecified atom stereocenters. The predicted octanol–water partition coefficient (Wildman–Crippen LogP) is 3.65. The Hall–Kier alpha value is -2.30. The topological polar surface area (TPSA) is 26.3 Å². The van der Waals surface area contributed by atoms with Gasteiger partial charge in [0.1, 0.15) is 23.2 Å². The summed E-state index contributed by atoms with van der Waals surface area (Å²) < 4.78 is 46.1. The van der Waals surface area contributed by atoms with E-state index in [0.29, 0.717) is 0 Å². The number of carbonyl (C=O) groups is 1. The Morgan fingerprint density at radius 3 is 2.35 bits per heavy atom. The summed E-state index contributed by atoms with van der Waals surface area (Å²) in [4.78, 5) is 12.1. The Labute approximate surface area is 113 Å². The van der Waals surface area contributed by atoms with Gasteiger partial charge in [-0.2, -0.15) is 0 Å². The van der Waals surface area contributed by atoms with Crippen LogP contribution in [0.2, 0.25) is 0 Å². The van der Waals surface area contributed by atoms with Crippen LogP contribution < -0.4 is 4.74 Å². The lowest BCUT2D eigenvalue weighted by Gasteiger charge is -2.08. The van der Waals surface area contributed by atoms with Gasteiger partial charge in [0.25, 0.3) is 0 Å². The average Bonchev–Trinajstić information content (AvgIpc) is 2.43. The Bertz CT molecular complexity index is 681. The number of benzene rings is 2. The van der Waals surface area contributed by atoms with Crippen molar-refractivity contribution in [2.75, 3.05) is 7.11 Å². The zero-order chi connectivity index (χ0) is 14.9. The highest BCUT2D eigenvalue weighted by Gasteiger charge is 2.23. The second-order valence-corrected chi connectivity index (χ2v) is 4.23. The zero-order valence-electron chi connectivity index (χ0n) is 10.8. The molecule has 0 heterocycles. The molecule has 0 amide bonds. The molecule has 0 atom stereocenters. The van der Waals surface area contributed by atoms with E-state index < -0.39 is 34.4 Å².